The van der Waals surface area contributed by atoms with Gasteiger partial charge in [-0.15, -0.1) is 6.58 Å². The van der Waals surface area contributed by atoms with Crippen LogP contribution in [0.4, 0.5) is 0 Å². The second-order valence-corrected chi connectivity index (χ2v) is 4.99. The van der Waals surface area contributed by atoms with Crippen LogP contribution in [-0.4, -0.2) is 26.7 Å². The summed E-state index contributed by atoms with van der Waals surface area (Å²) in [5.41, 5.74) is 1.13. The number of hydrogen-bond acceptors (Lipinski definition) is 3. The third kappa shape index (κ3) is 5.05. The van der Waals surface area contributed by atoms with Gasteiger partial charge in [0.25, 0.3) is 0 Å². The molecule has 5 nitrogen and oxygen atoms in total. The Labute approximate surface area is 143 Å². The Morgan fingerprint density at radius 1 is 1.08 bits per heavy atom. The molecule has 0 amide bonds. The molecule has 0 aromatic heterocycles. The van der Waals surface area contributed by atoms with Crippen LogP contribution in [0.3, 0.4) is 0 Å². The predicted octanol–water partition coefficient (Wildman–Crippen LogP) is 3.34. The molecule has 2 aromatic carbocycles. The first-order chi connectivity index (χ1) is 11.8. The summed E-state index contributed by atoms with van der Waals surface area (Å²) >= 11 is 0. The van der Waals surface area contributed by atoms with Gasteiger partial charge in [0.2, 0.25) is 0 Å². The number of guanidine groups is 1. The highest BCUT2D eigenvalue weighted by atomic mass is 16.5. The molecule has 0 bridgehead atoms. The van der Waals surface area contributed by atoms with Crippen molar-refractivity contribution in [3.05, 3.63) is 66.7 Å². The van der Waals surface area contributed by atoms with E-state index in [2.05, 4.69) is 22.2 Å². The van der Waals surface area contributed by atoms with E-state index in [1.165, 1.54) is 0 Å². The smallest absolute Gasteiger partial charge is 0.191 e. The average molecular weight is 325 g/mol. The molecule has 2 N–H and O–H groups in total. The van der Waals surface area contributed by atoms with E-state index < -0.39 is 0 Å². The lowest BCUT2D eigenvalue weighted by Gasteiger charge is -2.12. The normalized spacial score (nSPS) is 10.8. The van der Waals surface area contributed by atoms with Crippen LogP contribution < -0.4 is 20.1 Å². The number of benzene rings is 2. The number of para-hydroxylation sites is 2. The van der Waals surface area contributed by atoms with Crippen LogP contribution in [0.1, 0.15) is 5.56 Å². The van der Waals surface area contributed by atoms with Crippen molar-refractivity contribution in [3.63, 3.8) is 0 Å². The van der Waals surface area contributed by atoms with Gasteiger partial charge in [-0.1, -0.05) is 30.3 Å². The minimum atomic E-state index is 0.672. The van der Waals surface area contributed by atoms with Crippen LogP contribution in [-0.2, 0) is 6.54 Å². The van der Waals surface area contributed by atoms with Gasteiger partial charge in [0, 0.05) is 20.1 Å². The number of ether oxygens (including phenoxy) is 2. The lowest BCUT2D eigenvalue weighted by atomic mass is 10.2. The first-order valence-corrected chi connectivity index (χ1v) is 7.72. The molecule has 2 rings (SSSR count). The van der Waals surface area contributed by atoms with Gasteiger partial charge in [-0.05, 0) is 29.8 Å². The zero-order valence-corrected chi connectivity index (χ0v) is 14.1. The SMILES string of the molecule is C=CCNC(=NC)NCc1ccc(Oc2ccccc2OC)cc1. The average Bonchev–Trinajstić information content (AvgIpc) is 2.63. The fourth-order valence-corrected chi connectivity index (χ4v) is 2.08. The predicted molar refractivity (Wildman–Crippen MR) is 97.9 cm³/mol. The highest BCUT2D eigenvalue weighted by molar-refractivity contribution is 5.79. The Balaban J connectivity index is 1.94. The molecule has 0 radical (unpaired) electrons. The lowest BCUT2D eigenvalue weighted by molar-refractivity contribution is 0.379. The number of hydrogen-bond donors (Lipinski definition) is 2. The molecule has 0 unspecified atom stereocenters. The fourth-order valence-electron chi connectivity index (χ4n) is 2.08. The highest BCUT2D eigenvalue weighted by Crippen LogP contribution is 2.30. The van der Waals surface area contributed by atoms with Crippen molar-refractivity contribution in [1.29, 1.82) is 0 Å². The molecule has 0 fully saturated rings. The van der Waals surface area contributed by atoms with Crippen molar-refractivity contribution >= 4 is 5.96 Å². The summed E-state index contributed by atoms with van der Waals surface area (Å²) in [5.74, 6) is 2.90. The van der Waals surface area contributed by atoms with E-state index in [1.807, 2.05) is 48.5 Å². The van der Waals surface area contributed by atoms with Crippen LogP contribution in [0, 0.1) is 0 Å². The molecule has 0 atom stereocenters. The van der Waals surface area contributed by atoms with Gasteiger partial charge in [0.1, 0.15) is 5.75 Å². The molecular weight excluding hydrogens is 302 g/mol. The van der Waals surface area contributed by atoms with E-state index >= 15 is 0 Å². The molecule has 0 heterocycles. The molecular formula is C19H23N3O2. The molecule has 5 heteroatoms. The maximum atomic E-state index is 5.86. The van der Waals surface area contributed by atoms with Crippen molar-refractivity contribution < 1.29 is 9.47 Å². The van der Waals surface area contributed by atoms with Gasteiger partial charge >= 0.3 is 0 Å². The maximum Gasteiger partial charge on any atom is 0.191 e. The van der Waals surface area contributed by atoms with Gasteiger partial charge in [-0.2, -0.15) is 0 Å². The van der Waals surface area contributed by atoms with E-state index in [0.717, 1.165) is 17.3 Å². The molecule has 0 saturated carbocycles. The Morgan fingerprint density at radius 2 is 1.79 bits per heavy atom. The summed E-state index contributed by atoms with van der Waals surface area (Å²) in [6, 6.07) is 15.5. The molecule has 24 heavy (non-hydrogen) atoms. The molecule has 2 aromatic rings. The van der Waals surface area contributed by atoms with Crippen LogP contribution >= 0.6 is 0 Å². The van der Waals surface area contributed by atoms with E-state index in [0.29, 0.717) is 24.6 Å². The molecule has 0 aliphatic carbocycles. The summed E-state index contributed by atoms with van der Waals surface area (Å²) in [6.07, 6.45) is 1.79. The summed E-state index contributed by atoms with van der Waals surface area (Å²) in [5, 5.41) is 6.37. The number of rotatable bonds is 7. The van der Waals surface area contributed by atoms with Crippen LogP contribution in [0.15, 0.2) is 66.2 Å². The third-order valence-electron chi connectivity index (χ3n) is 3.32. The Kier molecular flexibility index (Phi) is 6.71. The number of aliphatic imine (C=N–C) groups is 1. The van der Waals surface area contributed by atoms with Crippen LogP contribution in [0.25, 0.3) is 0 Å². The van der Waals surface area contributed by atoms with Gasteiger partial charge in [-0.3, -0.25) is 4.99 Å². The number of nitrogens with one attached hydrogen (secondary N) is 2. The molecule has 0 aliphatic heterocycles. The molecule has 0 spiro atoms. The Morgan fingerprint density at radius 3 is 2.42 bits per heavy atom. The summed E-state index contributed by atoms with van der Waals surface area (Å²) in [6.45, 7) is 5.02. The van der Waals surface area contributed by atoms with E-state index in [9.17, 15) is 0 Å². The first kappa shape index (κ1) is 17.4. The number of nitrogens with zero attached hydrogens (tertiary/aromatic N) is 1. The van der Waals surface area contributed by atoms with Crippen LogP contribution in [0.5, 0.6) is 17.2 Å². The van der Waals surface area contributed by atoms with Crippen molar-refractivity contribution in [2.45, 2.75) is 6.54 Å². The Bertz CT molecular complexity index is 681. The van der Waals surface area contributed by atoms with E-state index in [4.69, 9.17) is 9.47 Å². The second kappa shape index (κ2) is 9.25. The van der Waals surface area contributed by atoms with Gasteiger partial charge in [-0.25, -0.2) is 0 Å². The summed E-state index contributed by atoms with van der Waals surface area (Å²) in [4.78, 5) is 4.14. The van der Waals surface area contributed by atoms with Crippen LogP contribution in [0.2, 0.25) is 0 Å². The molecule has 0 saturated heterocycles. The van der Waals surface area contributed by atoms with Gasteiger partial charge < -0.3 is 20.1 Å². The number of methoxy groups -OCH3 is 1. The van der Waals surface area contributed by atoms with E-state index in [-0.39, 0.29) is 0 Å². The minimum absolute atomic E-state index is 0.672. The fraction of sp³-hybridized carbons (Fsp3) is 0.211. The van der Waals surface area contributed by atoms with Gasteiger partial charge in [0.05, 0.1) is 7.11 Å². The highest BCUT2D eigenvalue weighted by Gasteiger charge is 2.04. The molecule has 0 aliphatic rings. The van der Waals surface area contributed by atoms with Crippen molar-refractivity contribution in [2.75, 3.05) is 20.7 Å². The standard InChI is InChI=1S/C19H23N3O2/c1-4-13-21-19(20-2)22-14-15-9-11-16(12-10-15)24-18-8-6-5-7-17(18)23-3/h4-12H,1,13-14H2,2-3H3,(H2,20,21,22). The maximum absolute atomic E-state index is 5.86. The summed E-state index contributed by atoms with van der Waals surface area (Å²) in [7, 11) is 3.37. The second-order valence-electron chi connectivity index (χ2n) is 4.99. The minimum Gasteiger partial charge on any atom is -0.493 e. The quantitative estimate of drug-likeness (QED) is 0.466. The zero-order valence-electron chi connectivity index (χ0n) is 14.1. The third-order valence-corrected chi connectivity index (χ3v) is 3.32. The van der Waals surface area contributed by atoms with Crippen molar-refractivity contribution in [1.82, 2.24) is 10.6 Å². The topological polar surface area (TPSA) is 54.9 Å². The summed E-state index contributed by atoms with van der Waals surface area (Å²) < 4.78 is 11.2. The van der Waals surface area contributed by atoms with E-state index in [1.54, 1.807) is 20.2 Å². The first-order valence-electron chi connectivity index (χ1n) is 7.72. The van der Waals surface area contributed by atoms with Gasteiger partial charge in [0.15, 0.2) is 17.5 Å². The largest absolute Gasteiger partial charge is 0.493 e. The monoisotopic (exact) mass is 325 g/mol. The molecule has 126 valence electrons. The van der Waals surface area contributed by atoms with Crippen molar-refractivity contribution in [3.8, 4) is 17.2 Å². The lowest BCUT2D eigenvalue weighted by Crippen LogP contribution is -2.36. The Hall–Kier alpha value is -2.95. The van der Waals surface area contributed by atoms with Crippen molar-refractivity contribution in [2.24, 2.45) is 4.99 Å². The zero-order chi connectivity index (χ0) is 17.2.